The second-order valence-electron chi connectivity index (χ2n) is 7.00. The number of hydrogen-bond acceptors (Lipinski definition) is 2. The Morgan fingerprint density at radius 2 is 2.00 bits per heavy atom. The highest BCUT2D eigenvalue weighted by Crippen LogP contribution is 2.28. The zero-order valence-electron chi connectivity index (χ0n) is 12.1. The van der Waals surface area contributed by atoms with Gasteiger partial charge in [-0.3, -0.25) is 0 Å². The lowest BCUT2D eigenvalue weighted by Gasteiger charge is -2.38. The Morgan fingerprint density at radius 1 is 1.29 bits per heavy atom. The first kappa shape index (κ1) is 14.5. The molecule has 0 radical (unpaired) electrons. The van der Waals surface area contributed by atoms with Crippen LogP contribution in [0.1, 0.15) is 59.8 Å². The molecule has 1 aliphatic heterocycles. The van der Waals surface area contributed by atoms with Crippen LogP contribution in [-0.2, 0) is 0 Å². The third kappa shape index (κ3) is 5.55. The van der Waals surface area contributed by atoms with Gasteiger partial charge in [-0.25, -0.2) is 0 Å². The molecule has 2 nitrogen and oxygen atoms in total. The van der Waals surface area contributed by atoms with Crippen molar-refractivity contribution >= 4 is 0 Å². The molecule has 1 saturated heterocycles. The number of nitrogens with zero attached hydrogens (tertiary/aromatic N) is 2. The number of hydrogen-bond donors (Lipinski definition) is 0. The van der Waals surface area contributed by atoms with E-state index in [0.717, 1.165) is 6.42 Å². The van der Waals surface area contributed by atoms with Crippen molar-refractivity contribution in [3.63, 3.8) is 0 Å². The standard InChI is InChI=1S/C15H28N2/c1-14(2,12-16)8-5-6-10-17-11-7-9-15(3,4)13-17/h5-11,13H2,1-4H3. The maximum atomic E-state index is 8.95. The zero-order chi connectivity index (χ0) is 12.9. The number of piperidine rings is 1. The summed E-state index contributed by atoms with van der Waals surface area (Å²) in [5, 5.41) is 8.95. The van der Waals surface area contributed by atoms with E-state index < -0.39 is 0 Å². The van der Waals surface area contributed by atoms with Crippen LogP contribution in [0.2, 0.25) is 0 Å². The molecular weight excluding hydrogens is 208 g/mol. The van der Waals surface area contributed by atoms with Crippen molar-refractivity contribution in [3.8, 4) is 6.07 Å². The average molecular weight is 236 g/mol. The Bertz CT molecular complexity index is 273. The van der Waals surface area contributed by atoms with Crippen LogP contribution in [0.15, 0.2) is 0 Å². The molecule has 1 heterocycles. The van der Waals surface area contributed by atoms with Crippen LogP contribution in [-0.4, -0.2) is 24.5 Å². The molecule has 1 rings (SSSR count). The predicted octanol–water partition coefficient (Wildman–Crippen LogP) is 3.83. The quantitative estimate of drug-likeness (QED) is 0.678. The van der Waals surface area contributed by atoms with Crippen LogP contribution in [0.3, 0.4) is 0 Å². The maximum Gasteiger partial charge on any atom is 0.0683 e. The molecule has 0 aromatic rings. The summed E-state index contributed by atoms with van der Waals surface area (Å²) in [5.74, 6) is 0. The molecule has 0 saturated carbocycles. The predicted molar refractivity (Wildman–Crippen MR) is 72.7 cm³/mol. The molecule has 0 amide bonds. The van der Waals surface area contributed by atoms with Crippen molar-refractivity contribution in [2.24, 2.45) is 10.8 Å². The van der Waals surface area contributed by atoms with Crippen LogP contribution >= 0.6 is 0 Å². The van der Waals surface area contributed by atoms with E-state index >= 15 is 0 Å². The molecule has 0 aliphatic carbocycles. The first-order chi connectivity index (χ1) is 7.85. The topological polar surface area (TPSA) is 27.0 Å². The molecule has 1 fully saturated rings. The van der Waals surface area contributed by atoms with Gasteiger partial charge in [-0.15, -0.1) is 0 Å². The summed E-state index contributed by atoms with van der Waals surface area (Å²) in [6.07, 6.45) is 6.15. The van der Waals surface area contributed by atoms with Crippen molar-refractivity contribution in [1.82, 2.24) is 4.90 Å². The van der Waals surface area contributed by atoms with E-state index in [0.29, 0.717) is 5.41 Å². The Morgan fingerprint density at radius 3 is 2.59 bits per heavy atom. The normalized spacial score (nSPS) is 21.1. The third-order valence-corrected chi connectivity index (χ3v) is 3.81. The Kier molecular flexibility index (Phi) is 5.01. The first-order valence-corrected chi connectivity index (χ1v) is 6.98. The highest BCUT2D eigenvalue weighted by molar-refractivity contribution is 4.91. The molecule has 1 aliphatic rings. The smallest absolute Gasteiger partial charge is 0.0683 e. The molecule has 0 aromatic carbocycles. The summed E-state index contributed by atoms with van der Waals surface area (Å²) in [4.78, 5) is 2.60. The lowest BCUT2D eigenvalue weighted by molar-refractivity contribution is 0.115. The largest absolute Gasteiger partial charge is 0.303 e. The van der Waals surface area contributed by atoms with E-state index in [4.69, 9.17) is 5.26 Å². The Hall–Kier alpha value is -0.550. The fourth-order valence-corrected chi connectivity index (χ4v) is 2.69. The van der Waals surface area contributed by atoms with Gasteiger partial charge in [0.25, 0.3) is 0 Å². The highest BCUT2D eigenvalue weighted by atomic mass is 15.1. The molecule has 0 unspecified atom stereocenters. The summed E-state index contributed by atoms with van der Waals surface area (Å²) in [5.41, 5.74) is 0.366. The molecule has 0 N–H and O–H groups in total. The van der Waals surface area contributed by atoms with Gasteiger partial charge in [-0.05, 0) is 58.0 Å². The van der Waals surface area contributed by atoms with Gasteiger partial charge in [0, 0.05) is 6.54 Å². The lowest BCUT2D eigenvalue weighted by atomic mass is 9.84. The van der Waals surface area contributed by atoms with Gasteiger partial charge >= 0.3 is 0 Å². The summed E-state index contributed by atoms with van der Waals surface area (Å²) in [6.45, 7) is 12.6. The second kappa shape index (κ2) is 5.87. The van der Waals surface area contributed by atoms with Crippen LogP contribution in [0, 0.1) is 22.2 Å². The second-order valence-corrected chi connectivity index (χ2v) is 7.00. The van der Waals surface area contributed by atoms with Gasteiger partial charge in [-0.2, -0.15) is 5.26 Å². The summed E-state index contributed by atoms with van der Waals surface area (Å²) >= 11 is 0. The fraction of sp³-hybridized carbons (Fsp3) is 0.933. The monoisotopic (exact) mass is 236 g/mol. The van der Waals surface area contributed by atoms with Crippen LogP contribution in [0.5, 0.6) is 0 Å². The molecule has 2 heteroatoms. The molecule has 0 atom stereocenters. The minimum absolute atomic E-state index is 0.138. The van der Waals surface area contributed by atoms with Crippen molar-refractivity contribution < 1.29 is 0 Å². The summed E-state index contributed by atoms with van der Waals surface area (Å²) in [7, 11) is 0. The average Bonchev–Trinajstić information content (AvgIpc) is 2.23. The van der Waals surface area contributed by atoms with Crippen molar-refractivity contribution in [2.75, 3.05) is 19.6 Å². The van der Waals surface area contributed by atoms with E-state index in [1.54, 1.807) is 0 Å². The van der Waals surface area contributed by atoms with Crippen LogP contribution < -0.4 is 0 Å². The van der Waals surface area contributed by atoms with Gasteiger partial charge in [-0.1, -0.05) is 20.3 Å². The summed E-state index contributed by atoms with van der Waals surface area (Å²) < 4.78 is 0. The van der Waals surface area contributed by atoms with E-state index in [9.17, 15) is 0 Å². The van der Waals surface area contributed by atoms with Gasteiger partial charge in [0.05, 0.1) is 11.5 Å². The minimum Gasteiger partial charge on any atom is -0.303 e. The molecule has 0 spiro atoms. The van der Waals surface area contributed by atoms with Crippen LogP contribution in [0.4, 0.5) is 0 Å². The van der Waals surface area contributed by atoms with Gasteiger partial charge in [0.1, 0.15) is 0 Å². The van der Waals surface area contributed by atoms with E-state index in [1.807, 2.05) is 13.8 Å². The summed E-state index contributed by atoms with van der Waals surface area (Å²) in [6, 6.07) is 2.38. The minimum atomic E-state index is -0.138. The van der Waals surface area contributed by atoms with E-state index in [-0.39, 0.29) is 5.41 Å². The fourth-order valence-electron chi connectivity index (χ4n) is 2.69. The molecule has 0 aromatic heterocycles. The van der Waals surface area contributed by atoms with Crippen molar-refractivity contribution in [2.45, 2.75) is 59.8 Å². The molecular formula is C15H28N2. The van der Waals surface area contributed by atoms with Gasteiger partial charge < -0.3 is 4.90 Å². The third-order valence-electron chi connectivity index (χ3n) is 3.81. The highest BCUT2D eigenvalue weighted by Gasteiger charge is 2.25. The van der Waals surface area contributed by atoms with Gasteiger partial charge in [0.2, 0.25) is 0 Å². The van der Waals surface area contributed by atoms with Crippen molar-refractivity contribution in [1.29, 1.82) is 5.26 Å². The SMILES string of the molecule is CC(C)(C#N)CCCCN1CCCC(C)(C)C1. The molecule has 0 bridgehead atoms. The zero-order valence-corrected chi connectivity index (χ0v) is 12.1. The number of rotatable bonds is 5. The Labute approximate surface area is 107 Å². The molecule has 98 valence electrons. The molecule has 17 heavy (non-hydrogen) atoms. The van der Waals surface area contributed by atoms with Crippen LogP contribution in [0.25, 0.3) is 0 Å². The van der Waals surface area contributed by atoms with Crippen molar-refractivity contribution in [3.05, 3.63) is 0 Å². The number of unbranched alkanes of at least 4 members (excludes halogenated alkanes) is 1. The first-order valence-electron chi connectivity index (χ1n) is 6.98. The lowest BCUT2D eigenvalue weighted by Crippen LogP contribution is -2.40. The maximum absolute atomic E-state index is 8.95. The van der Waals surface area contributed by atoms with Gasteiger partial charge in [0.15, 0.2) is 0 Å². The number of nitriles is 1. The number of likely N-dealkylation sites (tertiary alicyclic amines) is 1. The van der Waals surface area contributed by atoms with E-state index in [2.05, 4.69) is 24.8 Å². The van der Waals surface area contributed by atoms with E-state index in [1.165, 1.54) is 45.3 Å². The Balaban J connectivity index is 2.17.